The Balaban J connectivity index is 0.000000209. The van der Waals surface area contributed by atoms with Crippen molar-refractivity contribution >= 4 is 46.9 Å². The van der Waals surface area contributed by atoms with Crippen molar-refractivity contribution in [2.24, 2.45) is 5.41 Å². The molecule has 2 N–H and O–H groups in total. The highest BCUT2D eigenvalue weighted by molar-refractivity contribution is 6.33. The summed E-state index contributed by atoms with van der Waals surface area (Å²) in [6.45, 7) is 13.6. The Bertz CT molecular complexity index is 2100. The highest BCUT2D eigenvalue weighted by Crippen LogP contribution is 2.42. The molecule has 13 heteroatoms. The van der Waals surface area contributed by atoms with Crippen LogP contribution in [0.1, 0.15) is 94.6 Å². The molecule has 10 nitrogen and oxygen atoms in total. The standard InChI is InChI=1S/C21H21ClF2N2O2.C21H23N3O3.C2H6/c1-4-14(23)11-17-12(2)20-13(8-9-26(17)3)10-18(28-20)21(27)25-19-15(22)6-5-7-16(19)24;1-15-10-18(20(26)23-17-4-2-16(12-25)3-5-17)19(22-11-15)24-13-21(14-24)6-8-27-9-7-21;1-2/h4-7,10-12H,8-9H2,1-3H3,(H,25,27);2-5,10-12H,6-9,13-14H2,1H3,(H,23,26);1-2H3/b14-4+,17-11+;;. The van der Waals surface area contributed by atoms with E-state index >= 15 is 0 Å². The molecule has 0 bridgehead atoms. The number of carbonyl (C=O) groups is 3. The molecule has 0 aliphatic carbocycles. The van der Waals surface area contributed by atoms with Crippen molar-refractivity contribution in [3.63, 3.8) is 0 Å². The molecule has 2 aromatic heterocycles. The molecule has 1 unspecified atom stereocenters. The summed E-state index contributed by atoms with van der Waals surface area (Å²) in [6.07, 6.45) is 8.23. The minimum absolute atomic E-state index is 0.0616. The Hall–Kier alpha value is -5.33. The number of carbonyl (C=O) groups excluding carboxylic acids is 3. The molecule has 2 fully saturated rings. The number of rotatable bonds is 7. The van der Waals surface area contributed by atoms with Gasteiger partial charge < -0.3 is 29.6 Å². The van der Waals surface area contributed by atoms with Crippen molar-refractivity contribution in [1.29, 1.82) is 0 Å². The number of nitrogens with zero attached hydrogens (tertiary/aromatic N) is 3. The number of fused-ring (bicyclic) bond motifs is 1. The number of likely N-dealkylation sites (N-methyl/N-ethyl adjacent to an activating group) is 1. The van der Waals surface area contributed by atoms with Crippen molar-refractivity contribution in [2.75, 3.05) is 55.4 Å². The minimum Gasteiger partial charge on any atom is -0.455 e. The van der Waals surface area contributed by atoms with E-state index < -0.39 is 11.7 Å². The maximum Gasteiger partial charge on any atom is 0.291 e. The smallest absolute Gasteiger partial charge is 0.291 e. The van der Waals surface area contributed by atoms with Crippen LogP contribution >= 0.6 is 11.6 Å². The monoisotopic (exact) mass is 801 g/mol. The van der Waals surface area contributed by atoms with Gasteiger partial charge in [-0.25, -0.2) is 13.8 Å². The zero-order valence-corrected chi connectivity index (χ0v) is 34.0. The number of ether oxygens (including phenoxy) is 1. The number of pyridine rings is 1. The van der Waals surface area contributed by atoms with E-state index in [-0.39, 0.29) is 34.1 Å². The Morgan fingerprint density at radius 1 is 1.04 bits per heavy atom. The van der Waals surface area contributed by atoms with Crippen LogP contribution in [0.4, 0.5) is 26.0 Å². The minimum atomic E-state index is -0.629. The number of amides is 2. The SMILES string of the molecule is C/C=C(F)\C=C1/C(C)c2oc(C(=O)Nc3c(F)cccc3Cl)cc2CCN1C.CC.Cc1cnc(N2CC3(CCOCC3)C2)c(C(=O)Nc2ccc(C=O)cc2)c1. The molecule has 3 aliphatic heterocycles. The third-order valence-electron chi connectivity index (χ3n) is 10.3. The van der Waals surface area contributed by atoms with E-state index in [1.54, 1.807) is 43.5 Å². The van der Waals surface area contributed by atoms with Gasteiger partial charge in [-0.2, -0.15) is 0 Å². The maximum atomic E-state index is 13.9. The summed E-state index contributed by atoms with van der Waals surface area (Å²) in [5.41, 5.74) is 4.60. The highest BCUT2D eigenvalue weighted by Gasteiger charge is 2.45. The number of benzene rings is 2. The Labute approximate surface area is 337 Å². The number of allylic oxidation sites excluding steroid dienone is 4. The van der Waals surface area contributed by atoms with E-state index in [9.17, 15) is 23.2 Å². The summed E-state index contributed by atoms with van der Waals surface area (Å²) in [5.74, 6) is -0.590. The predicted octanol–water partition coefficient (Wildman–Crippen LogP) is 9.77. The van der Waals surface area contributed by atoms with Gasteiger partial charge in [-0.15, -0.1) is 0 Å². The molecular formula is C44H50ClF2N5O5. The van der Waals surface area contributed by atoms with Crippen molar-refractivity contribution < 1.29 is 32.3 Å². The van der Waals surface area contributed by atoms with Crippen LogP contribution in [0.15, 0.2) is 88.9 Å². The first-order valence-electron chi connectivity index (χ1n) is 19.2. The molecule has 302 valence electrons. The number of halogens is 3. The van der Waals surface area contributed by atoms with Gasteiger partial charge in [0.15, 0.2) is 5.76 Å². The molecule has 7 rings (SSSR count). The van der Waals surface area contributed by atoms with E-state index in [0.717, 1.165) is 68.1 Å². The van der Waals surface area contributed by atoms with E-state index in [1.165, 1.54) is 30.4 Å². The molecule has 2 aromatic carbocycles. The molecular weight excluding hydrogens is 752 g/mol. The van der Waals surface area contributed by atoms with Crippen LogP contribution in [0, 0.1) is 18.2 Å². The van der Waals surface area contributed by atoms with Crippen LogP contribution in [0.2, 0.25) is 5.02 Å². The molecule has 4 aromatic rings. The number of furan rings is 1. The molecule has 1 atom stereocenters. The van der Waals surface area contributed by atoms with E-state index in [1.807, 2.05) is 45.7 Å². The van der Waals surface area contributed by atoms with Gasteiger partial charge in [0.1, 0.15) is 29.5 Å². The number of para-hydroxylation sites is 1. The fourth-order valence-corrected chi connectivity index (χ4v) is 7.32. The molecule has 1 spiro atoms. The number of hydrogen-bond acceptors (Lipinski definition) is 8. The second-order valence-electron chi connectivity index (χ2n) is 14.2. The number of anilines is 3. The summed E-state index contributed by atoms with van der Waals surface area (Å²) in [6, 6.07) is 14.5. The van der Waals surface area contributed by atoms with Crippen molar-refractivity contribution in [1.82, 2.24) is 9.88 Å². The molecule has 5 heterocycles. The van der Waals surface area contributed by atoms with Crippen molar-refractivity contribution in [3.8, 4) is 0 Å². The van der Waals surface area contributed by atoms with Gasteiger partial charge in [0.2, 0.25) is 0 Å². The second kappa shape index (κ2) is 19.2. The van der Waals surface area contributed by atoms with Crippen LogP contribution < -0.4 is 15.5 Å². The number of aryl methyl sites for hydroxylation is 1. The topological polar surface area (TPSA) is 117 Å². The maximum absolute atomic E-state index is 13.9. The Morgan fingerprint density at radius 2 is 1.74 bits per heavy atom. The molecule has 2 saturated heterocycles. The lowest BCUT2D eigenvalue weighted by Crippen LogP contribution is -2.59. The molecule has 57 heavy (non-hydrogen) atoms. The number of aldehydes is 1. The summed E-state index contributed by atoms with van der Waals surface area (Å²) in [5, 5.41) is 5.47. The van der Waals surface area contributed by atoms with Gasteiger partial charge in [-0.3, -0.25) is 14.4 Å². The zero-order valence-electron chi connectivity index (χ0n) is 33.3. The Kier molecular flexibility index (Phi) is 14.4. The second-order valence-corrected chi connectivity index (χ2v) is 14.6. The zero-order chi connectivity index (χ0) is 41.3. The van der Waals surface area contributed by atoms with Gasteiger partial charge in [0.05, 0.1) is 22.2 Å². The van der Waals surface area contributed by atoms with E-state index in [4.69, 9.17) is 20.8 Å². The number of hydrogen-bond donors (Lipinski definition) is 2. The fourth-order valence-electron chi connectivity index (χ4n) is 7.11. The summed E-state index contributed by atoms with van der Waals surface area (Å²) in [7, 11) is 1.89. The van der Waals surface area contributed by atoms with Gasteiger partial charge in [-0.05, 0) is 106 Å². The lowest BCUT2D eigenvalue weighted by Gasteiger charge is -2.53. The third-order valence-corrected chi connectivity index (χ3v) is 10.6. The molecule has 0 radical (unpaired) electrons. The normalized spacial score (nSPS) is 17.9. The number of nitrogens with one attached hydrogen (secondary N) is 2. The van der Waals surface area contributed by atoms with E-state index in [2.05, 4.69) is 20.5 Å². The quantitative estimate of drug-likeness (QED) is 0.178. The molecule has 2 amide bonds. The molecule has 3 aliphatic rings. The average molecular weight is 802 g/mol. The van der Waals surface area contributed by atoms with Crippen molar-refractivity contribution in [2.45, 2.75) is 59.8 Å². The lowest BCUT2D eigenvalue weighted by atomic mass is 9.73. The summed E-state index contributed by atoms with van der Waals surface area (Å²) >= 11 is 5.97. The fraction of sp³-hybridized carbons (Fsp3) is 0.364. The van der Waals surface area contributed by atoms with E-state index in [0.29, 0.717) is 41.0 Å². The first kappa shape index (κ1) is 42.8. The summed E-state index contributed by atoms with van der Waals surface area (Å²) in [4.78, 5) is 45.0. The Morgan fingerprint density at radius 3 is 2.39 bits per heavy atom. The largest absolute Gasteiger partial charge is 0.455 e. The van der Waals surface area contributed by atoms with Crippen LogP contribution in [0.3, 0.4) is 0 Å². The van der Waals surface area contributed by atoms with Gasteiger partial charge in [-0.1, -0.05) is 37.6 Å². The predicted molar refractivity (Wildman–Crippen MR) is 221 cm³/mol. The lowest BCUT2D eigenvalue weighted by molar-refractivity contribution is -0.000511. The first-order valence-corrected chi connectivity index (χ1v) is 19.6. The van der Waals surface area contributed by atoms with Gasteiger partial charge in [0.25, 0.3) is 11.8 Å². The third kappa shape index (κ3) is 10.2. The van der Waals surface area contributed by atoms with Crippen LogP contribution in [0.25, 0.3) is 0 Å². The summed E-state index contributed by atoms with van der Waals surface area (Å²) < 4.78 is 39.1. The number of aromatic nitrogens is 1. The highest BCUT2D eigenvalue weighted by atomic mass is 35.5. The van der Waals surface area contributed by atoms with Crippen molar-refractivity contribution in [3.05, 3.63) is 129 Å². The van der Waals surface area contributed by atoms with Gasteiger partial charge in [0, 0.05) is 68.5 Å². The molecule has 0 saturated carbocycles. The first-order chi connectivity index (χ1) is 27.4. The average Bonchev–Trinajstić information content (AvgIpc) is 3.61. The van der Waals surface area contributed by atoms with Crippen LogP contribution in [-0.4, -0.2) is 67.9 Å². The van der Waals surface area contributed by atoms with Crippen LogP contribution in [-0.2, 0) is 11.2 Å². The van der Waals surface area contributed by atoms with Gasteiger partial charge >= 0.3 is 0 Å². The van der Waals surface area contributed by atoms with Crippen LogP contribution in [0.5, 0.6) is 0 Å².